The maximum absolute atomic E-state index is 11.9. The van der Waals surface area contributed by atoms with E-state index in [1.165, 1.54) is 4.57 Å². The van der Waals surface area contributed by atoms with Gasteiger partial charge in [0.1, 0.15) is 5.75 Å². The van der Waals surface area contributed by atoms with Gasteiger partial charge in [-0.05, 0) is 29.8 Å². The molecule has 0 saturated heterocycles. The number of methoxy groups -OCH3 is 1. The van der Waals surface area contributed by atoms with Gasteiger partial charge in [-0.1, -0.05) is 6.07 Å². The molecule has 0 unspecified atom stereocenters. The molecule has 2 N–H and O–H groups in total. The fourth-order valence-corrected chi connectivity index (χ4v) is 2.10. The highest BCUT2D eigenvalue weighted by Gasteiger charge is 2.11. The van der Waals surface area contributed by atoms with E-state index < -0.39 is 5.76 Å². The van der Waals surface area contributed by atoms with Crippen molar-refractivity contribution >= 4 is 16.9 Å². The van der Waals surface area contributed by atoms with Crippen molar-refractivity contribution in [2.75, 3.05) is 12.8 Å². The summed E-state index contributed by atoms with van der Waals surface area (Å²) in [5.74, 6) is 0.171. The van der Waals surface area contributed by atoms with Gasteiger partial charge in [0.25, 0.3) is 0 Å². The molecule has 0 aliphatic carbocycles. The molecule has 3 aromatic rings. The summed E-state index contributed by atoms with van der Waals surface area (Å²) < 4.78 is 11.7. The molecule has 2 heterocycles. The van der Waals surface area contributed by atoms with E-state index in [1.54, 1.807) is 37.6 Å². The van der Waals surface area contributed by atoms with Crippen molar-refractivity contribution in [3.05, 3.63) is 52.6 Å². The zero-order valence-electron chi connectivity index (χ0n) is 10.9. The average Bonchev–Trinajstić information content (AvgIpc) is 2.76. The minimum absolute atomic E-state index is 0.344. The van der Waals surface area contributed by atoms with Crippen molar-refractivity contribution in [2.45, 2.75) is 6.54 Å². The smallest absolute Gasteiger partial charge is 0.421 e. The van der Waals surface area contributed by atoms with E-state index >= 15 is 0 Å². The summed E-state index contributed by atoms with van der Waals surface area (Å²) in [6, 6.07) is 8.82. The Labute approximate surface area is 114 Å². The summed E-state index contributed by atoms with van der Waals surface area (Å²) in [5.41, 5.74) is 8.25. The molecule has 20 heavy (non-hydrogen) atoms. The highest BCUT2D eigenvalue weighted by molar-refractivity contribution is 5.67. The molecule has 2 aromatic heterocycles. The molecule has 0 saturated carbocycles. The van der Waals surface area contributed by atoms with E-state index in [0.717, 1.165) is 5.56 Å². The van der Waals surface area contributed by atoms with E-state index in [4.69, 9.17) is 14.9 Å². The lowest BCUT2D eigenvalue weighted by atomic mass is 10.2. The topological polar surface area (TPSA) is 83.3 Å². The first-order chi connectivity index (χ1) is 9.69. The summed E-state index contributed by atoms with van der Waals surface area (Å²) in [4.78, 5) is 16.0. The van der Waals surface area contributed by atoms with Crippen LogP contribution in [0.25, 0.3) is 11.2 Å². The van der Waals surface area contributed by atoms with Gasteiger partial charge in [0.15, 0.2) is 11.2 Å². The molecule has 102 valence electrons. The van der Waals surface area contributed by atoms with Crippen molar-refractivity contribution in [3.8, 4) is 5.75 Å². The normalized spacial score (nSPS) is 10.8. The molecule has 0 amide bonds. The van der Waals surface area contributed by atoms with E-state index in [9.17, 15) is 4.79 Å². The van der Waals surface area contributed by atoms with Gasteiger partial charge in [0.2, 0.25) is 0 Å². The second kappa shape index (κ2) is 4.73. The van der Waals surface area contributed by atoms with Crippen molar-refractivity contribution in [2.24, 2.45) is 0 Å². The zero-order chi connectivity index (χ0) is 14.1. The molecule has 6 heteroatoms. The first kappa shape index (κ1) is 12.3. The van der Waals surface area contributed by atoms with Gasteiger partial charge in [-0.15, -0.1) is 0 Å². The predicted molar refractivity (Wildman–Crippen MR) is 74.8 cm³/mol. The molecular weight excluding hydrogens is 258 g/mol. The monoisotopic (exact) mass is 271 g/mol. The Bertz CT molecular complexity index is 820. The molecule has 0 fully saturated rings. The molecule has 0 radical (unpaired) electrons. The standard InChI is InChI=1S/C14H13N3O3/c1-19-11-5-4-9(7-10(11)15)8-17-13-12(20-14(17)18)3-2-6-16-13/h2-7H,8,15H2,1H3. The van der Waals surface area contributed by atoms with Gasteiger partial charge in [-0.25, -0.2) is 9.78 Å². The number of nitrogens with two attached hydrogens (primary N) is 1. The molecule has 6 nitrogen and oxygen atoms in total. The van der Waals surface area contributed by atoms with Crippen molar-refractivity contribution in [3.63, 3.8) is 0 Å². The lowest BCUT2D eigenvalue weighted by molar-refractivity contribution is 0.417. The van der Waals surface area contributed by atoms with Gasteiger partial charge in [0.05, 0.1) is 19.3 Å². The number of hydrogen-bond donors (Lipinski definition) is 1. The minimum Gasteiger partial charge on any atom is -0.495 e. The summed E-state index contributed by atoms with van der Waals surface area (Å²) in [5, 5.41) is 0. The number of fused-ring (bicyclic) bond motifs is 1. The van der Waals surface area contributed by atoms with E-state index in [1.807, 2.05) is 6.07 Å². The number of oxazole rings is 1. The maximum Gasteiger partial charge on any atom is 0.421 e. The predicted octanol–water partition coefficient (Wildman–Crippen LogP) is 1.63. The number of hydrogen-bond acceptors (Lipinski definition) is 5. The van der Waals surface area contributed by atoms with Crippen LogP contribution in [0.3, 0.4) is 0 Å². The Hall–Kier alpha value is -2.76. The number of aromatic nitrogens is 2. The Balaban J connectivity index is 2.03. The molecule has 0 bridgehead atoms. The van der Waals surface area contributed by atoms with Crippen LogP contribution in [-0.4, -0.2) is 16.7 Å². The summed E-state index contributed by atoms with van der Waals surface area (Å²) in [6.07, 6.45) is 1.62. The van der Waals surface area contributed by atoms with Crippen LogP contribution < -0.4 is 16.2 Å². The van der Waals surface area contributed by atoms with Crippen LogP contribution in [-0.2, 0) is 6.54 Å². The maximum atomic E-state index is 11.9. The molecule has 0 aliphatic heterocycles. The SMILES string of the molecule is COc1ccc(Cn2c(=O)oc3cccnc32)cc1N. The van der Waals surface area contributed by atoms with E-state index in [2.05, 4.69) is 4.98 Å². The van der Waals surface area contributed by atoms with Crippen LogP contribution >= 0.6 is 0 Å². The quantitative estimate of drug-likeness (QED) is 0.732. The highest BCUT2D eigenvalue weighted by Crippen LogP contribution is 2.22. The Morgan fingerprint density at radius 3 is 3.00 bits per heavy atom. The van der Waals surface area contributed by atoms with Gasteiger partial charge in [0, 0.05) is 6.20 Å². The van der Waals surface area contributed by atoms with Crippen molar-refractivity contribution in [1.82, 2.24) is 9.55 Å². The number of nitrogens with zero attached hydrogens (tertiary/aromatic N) is 2. The van der Waals surface area contributed by atoms with Gasteiger partial charge >= 0.3 is 5.76 Å². The molecule has 0 aliphatic rings. The number of ether oxygens (including phenoxy) is 1. The Morgan fingerprint density at radius 2 is 2.25 bits per heavy atom. The third-order valence-electron chi connectivity index (χ3n) is 3.06. The zero-order valence-corrected chi connectivity index (χ0v) is 10.9. The first-order valence-corrected chi connectivity index (χ1v) is 6.06. The minimum atomic E-state index is -0.437. The van der Waals surface area contributed by atoms with Crippen LogP contribution in [0, 0.1) is 0 Å². The molecule has 0 spiro atoms. The summed E-state index contributed by atoms with van der Waals surface area (Å²) in [6.45, 7) is 0.344. The average molecular weight is 271 g/mol. The number of nitrogen functional groups attached to an aromatic ring is 1. The van der Waals surface area contributed by atoms with Crippen LogP contribution in [0.4, 0.5) is 5.69 Å². The lowest BCUT2D eigenvalue weighted by Crippen LogP contribution is -2.15. The first-order valence-electron chi connectivity index (χ1n) is 6.06. The Morgan fingerprint density at radius 1 is 1.40 bits per heavy atom. The second-order valence-corrected chi connectivity index (χ2v) is 4.36. The van der Waals surface area contributed by atoms with E-state index in [-0.39, 0.29) is 0 Å². The fraction of sp³-hybridized carbons (Fsp3) is 0.143. The number of benzene rings is 1. The molecule has 0 atom stereocenters. The second-order valence-electron chi connectivity index (χ2n) is 4.36. The van der Waals surface area contributed by atoms with E-state index in [0.29, 0.717) is 29.2 Å². The van der Waals surface area contributed by atoms with Crippen LogP contribution in [0.1, 0.15) is 5.56 Å². The van der Waals surface area contributed by atoms with Crippen LogP contribution in [0.5, 0.6) is 5.75 Å². The number of anilines is 1. The van der Waals surface area contributed by atoms with Crippen LogP contribution in [0.2, 0.25) is 0 Å². The molecule has 3 rings (SSSR count). The lowest BCUT2D eigenvalue weighted by Gasteiger charge is -2.07. The van der Waals surface area contributed by atoms with Gasteiger partial charge in [-0.3, -0.25) is 4.57 Å². The van der Waals surface area contributed by atoms with Crippen molar-refractivity contribution < 1.29 is 9.15 Å². The summed E-state index contributed by atoms with van der Waals surface area (Å²) >= 11 is 0. The third kappa shape index (κ3) is 2.01. The number of pyridine rings is 1. The largest absolute Gasteiger partial charge is 0.495 e. The van der Waals surface area contributed by atoms with Gasteiger partial charge in [-0.2, -0.15) is 0 Å². The summed E-state index contributed by atoms with van der Waals surface area (Å²) in [7, 11) is 1.56. The molecular formula is C14H13N3O3. The van der Waals surface area contributed by atoms with Crippen molar-refractivity contribution in [1.29, 1.82) is 0 Å². The number of rotatable bonds is 3. The third-order valence-corrected chi connectivity index (χ3v) is 3.06. The van der Waals surface area contributed by atoms with Crippen LogP contribution in [0.15, 0.2) is 45.7 Å². The Kier molecular flexibility index (Phi) is 2.90. The highest BCUT2D eigenvalue weighted by atomic mass is 16.5. The van der Waals surface area contributed by atoms with Gasteiger partial charge < -0.3 is 14.9 Å². The molecule has 1 aromatic carbocycles. The fourth-order valence-electron chi connectivity index (χ4n) is 2.10.